The summed E-state index contributed by atoms with van der Waals surface area (Å²) >= 11 is 0. The van der Waals surface area contributed by atoms with Crippen LogP contribution in [0.25, 0.3) is 17.2 Å². The summed E-state index contributed by atoms with van der Waals surface area (Å²) in [5.41, 5.74) is 1.27. The summed E-state index contributed by atoms with van der Waals surface area (Å²) in [5.74, 6) is -0.844. The SMILES string of the molecule is CCN(C(=O)[C@H](C)OC(=O)/C=C/c1nc2ccccc2o1)[C@@H]1CCS(=O)(=O)C1. The minimum Gasteiger partial charge on any atom is -0.449 e. The zero-order valence-electron chi connectivity index (χ0n) is 15.7. The maximum absolute atomic E-state index is 12.6. The summed E-state index contributed by atoms with van der Waals surface area (Å²) in [4.78, 5) is 30.3. The van der Waals surface area contributed by atoms with E-state index < -0.39 is 27.8 Å². The predicted molar refractivity (Wildman–Crippen MR) is 103 cm³/mol. The lowest BCUT2D eigenvalue weighted by atomic mass is 10.2. The van der Waals surface area contributed by atoms with Crippen molar-refractivity contribution < 1.29 is 27.2 Å². The topological polar surface area (TPSA) is 107 Å². The van der Waals surface area contributed by atoms with E-state index in [1.54, 1.807) is 19.1 Å². The molecule has 9 heteroatoms. The number of para-hydroxylation sites is 2. The second-order valence-electron chi connectivity index (χ2n) is 6.61. The number of carbonyl (C=O) groups excluding carboxylic acids is 2. The number of fused-ring (bicyclic) bond motifs is 1. The van der Waals surface area contributed by atoms with Crippen molar-refractivity contribution in [2.75, 3.05) is 18.1 Å². The molecule has 0 saturated carbocycles. The molecule has 2 atom stereocenters. The highest BCUT2D eigenvalue weighted by molar-refractivity contribution is 7.91. The monoisotopic (exact) mass is 406 g/mol. The van der Waals surface area contributed by atoms with Gasteiger partial charge in [-0.1, -0.05) is 12.1 Å². The molecule has 2 heterocycles. The molecule has 1 aromatic carbocycles. The van der Waals surface area contributed by atoms with E-state index in [9.17, 15) is 18.0 Å². The van der Waals surface area contributed by atoms with Gasteiger partial charge in [0.1, 0.15) is 5.52 Å². The molecule has 1 saturated heterocycles. The molecule has 2 aromatic rings. The van der Waals surface area contributed by atoms with Crippen molar-refractivity contribution in [3.63, 3.8) is 0 Å². The van der Waals surface area contributed by atoms with Crippen molar-refractivity contribution in [1.82, 2.24) is 9.88 Å². The Morgan fingerprint density at radius 2 is 2.14 bits per heavy atom. The number of nitrogens with zero attached hydrogens (tertiary/aromatic N) is 2. The van der Waals surface area contributed by atoms with Crippen LogP contribution in [-0.4, -0.2) is 60.4 Å². The number of amides is 1. The first-order valence-corrected chi connectivity index (χ1v) is 10.9. The minimum absolute atomic E-state index is 0.0507. The van der Waals surface area contributed by atoms with Gasteiger partial charge in [-0.15, -0.1) is 0 Å². The lowest BCUT2D eigenvalue weighted by Gasteiger charge is -2.29. The molecule has 1 aliphatic heterocycles. The number of hydrogen-bond acceptors (Lipinski definition) is 7. The van der Waals surface area contributed by atoms with Crippen molar-refractivity contribution in [3.8, 4) is 0 Å². The van der Waals surface area contributed by atoms with Crippen LogP contribution >= 0.6 is 0 Å². The molecular weight excluding hydrogens is 384 g/mol. The Labute approximate surface area is 163 Å². The van der Waals surface area contributed by atoms with Crippen LogP contribution < -0.4 is 0 Å². The Hall–Kier alpha value is -2.68. The first kappa shape index (κ1) is 20.1. The summed E-state index contributed by atoms with van der Waals surface area (Å²) < 4.78 is 34.0. The standard InChI is InChI=1S/C19H22N2O6S/c1-3-21(14-10-11-28(24,25)12-14)19(23)13(2)26-18(22)9-8-17-20-15-6-4-5-7-16(15)27-17/h4-9,13-14H,3,10-12H2,1-2H3/b9-8+/t13-,14+/m0/s1. The first-order chi connectivity index (χ1) is 13.3. The van der Waals surface area contributed by atoms with Crippen LogP contribution in [0, 0.1) is 0 Å². The van der Waals surface area contributed by atoms with Gasteiger partial charge in [-0.05, 0) is 32.4 Å². The number of hydrogen-bond donors (Lipinski definition) is 0. The largest absolute Gasteiger partial charge is 0.449 e. The lowest BCUT2D eigenvalue weighted by Crippen LogP contribution is -2.46. The molecular formula is C19H22N2O6S. The van der Waals surface area contributed by atoms with Crippen molar-refractivity contribution >= 4 is 38.9 Å². The van der Waals surface area contributed by atoms with Gasteiger partial charge in [-0.3, -0.25) is 4.79 Å². The minimum atomic E-state index is -3.11. The number of oxazole rings is 1. The number of ether oxygens (including phenoxy) is 1. The third kappa shape index (κ3) is 4.59. The number of aromatic nitrogens is 1. The number of sulfone groups is 1. The molecule has 0 unspecified atom stereocenters. The number of likely N-dealkylation sites (N-methyl/N-ethyl adjacent to an activating group) is 1. The van der Waals surface area contributed by atoms with Gasteiger partial charge in [-0.25, -0.2) is 18.2 Å². The summed E-state index contributed by atoms with van der Waals surface area (Å²) in [5, 5.41) is 0. The van der Waals surface area contributed by atoms with E-state index in [1.165, 1.54) is 17.9 Å². The van der Waals surface area contributed by atoms with Crippen molar-refractivity contribution in [2.45, 2.75) is 32.4 Å². The maximum Gasteiger partial charge on any atom is 0.331 e. The van der Waals surface area contributed by atoms with Gasteiger partial charge < -0.3 is 14.1 Å². The van der Waals surface area contributed by atoms with Crippen LogP contribution in [0.3, 0.4) is 0 Å². The van der Waals surface area contributed by atoms with Gasteiger partial charge in [0.2, 0.25) is 5.89 Å². The molecule has 1 amide bonds. The highest BCUT2D eigenvalue weighted by Gasteiger charge is 2.36. The van der Waals surface area contributed by atoms with E-state index in [4.69, 9.17) is 9.15 Å². The number of benzene rings is 1. The van der Waals surface area contributed by atoms with E-state index in [1.807, 2.05) is 12.1 Å². The van der Waals surface area contributed by atoms with E-state index in [-0.39, 0.29) is 23.4 Å². The third-order valence-corrected chi connectivity index (χ3v) is 6.34. The van der Waals surface area contributed by atoms with Crippen LogP contribution in [-0.2, 0) is 24.2 Å². The lowest BCUT2D eigenvalue weighted by molar-refractivity contribution is -0.156. The number of esters is 1. The molecule has 1 aliphatic rings. The average Bonchev–Trinajstić information content (AvgIpc) is 3.23. The zero-order valence-corrected chi connectivity index (χ0v) is 16.5. The van der Waals surface area contributed by atoms with Crippen LogP contribution in [0.2, 0.25) is 0 Å². The third-order valence-electron chi connectivity index (χ3n) is 4.59. The molecule has 0 aliphatic carbocycles. The van der Waals surface area contributed by atoms with E-state index in [0.717, 1.165) is 6.08 Å². The number of carbonyl (C=O) groups is 2. The van der Waals surface area contributed by atoms with Crippen LogP contribution in [0.5, 0.6) is 0 Å². The molecule has 0 bridgehead atoms. The Bertz CT molecular complexity index is 977. The molecule has 8 nitrogen and oxygen atoms in total. The Kier molecular flexibility index (Phi) is 5.83. The number of rotatable bonds is 6. The van der Waals surface area contributed by atoms with Crippen LogP contribution in [0.15, 0.2) is 34.8 Å². The van der Waals surface area contributed by atoms with Gasteiger partial charge in [-0.2, -0.15) is 0 Å². The highest BCUT2D eigenvalue weighted by atomic mass is 32.2. The fourth-order valence-corrected chi connectivity index (χ4v) is 4.94. The first-order valence-electron chi connectivity index (χ1n) is 9.04. The van der Waals surface area contributed by atoms with Crippen molar-refractivity contribution in [1.29, 1.82) is 0 Å². The summed E-state index contributed by atoms with van der Waals surface area (Å²) in [6.07, 6.45) is 1.90. The van der Waals surface area contributed by atoms with Crippen LogP contribution in [0.4, 0.5) is 0 Å². The molecule has 0 N–H and O–H groups in total. The Morgan fingerprint density at radius 3 is 2.79 bits per heavy atom. The summed E-state index contributed by atoms with van der Waals surface area (Å²) in [6, 6.07) is 6.82. The fraction of sp³-hybridized carbons (Fsp3) is 0.421. The Morgan fingerprint density at radius 1 is 1.39 bits per heavy atom. The van der Waals surface area contributed by atoms with Gasteiger partial charge >= 0.3 is 5.97 Å². The normalized spacial score (nSPS) is 19.7. The molecule has 0 spiro atoms. The fourth-order valence-electron chi connectivity index (χ4n) is 3.21. The van der Waals surface area contributed by atoms with Crippen LogP contribution in [0.1, 0.15) is 26.2 Å². The van der Waals surface area contributed by atoms with Crippen molar-refractivity contribution in [2.24, 2.45) is 0 Å². The van der Waals surface area contributed by atoms with Gasteiger partial charge in [0.05, 0.1) is 11.5 Å². The smallest absolute Gasteiger partial charge is 0.331 e. The van der Waals surface area contributed by atoms with Gasteiger partial charge in [0.25, 0.3) is 5.91 Å². The molecule has 1 aromatic heterocycles. The van der Waals surface area contributed by atoms with E-state index >= 15 is 0 Å². The molecule has 150 valence electrons. The second-order valence-corrected chi connectivity index (χ2v) is 8.84. The average molecular weight is 406 g/mol. The summed E-state index contributed by atoms with van der Waals surface area (Å²) in [6.45, 7) is 3.59. The highest BCUT2D eigenvalue weighted by Crippen LogP contribution is 2.19. The quantitative estimate of drug-likeness (QED) is 0.532. The Balaban J connectivity index is 1.60. The molecule has 3 rings (SSSR count). The van der Waals surface area contributed by atoms with Crippen molar-refractivity contribution in [3.05, 3.63) is 36.2 Å². The summed E-state index contributed by atoms with van der Waals surface area (Å²) in [7, 11) is -3.11. The van der Waals surface area contributed by atoms with E-state index in [2.05, 4.69) is 4.98 Å². The molecule has 28 heavy (non-hydrogen) atoms. The van der Waals surface area contributed by atoms with Gasteiger partial charge in [0, 0.05) is 24.7 Å². The van der Waals surface area contributed by atoms with Gasteiger partial charge in [0.15, 0.2) is 21.5 Å². The zero-order chi connectivity index (χ0) is 20.3. The maximum atomic E-state index is 12.6. The predicted octanol–water partition coefficient (Wildman–Crippen LogP) is 1.81. The molecule has 0 radical (unpaired) electrons. The molecule has 1 fully saturated rings. The van der Waals surface area contributed by atoms with E-state index in [0.29, 0.717) is 24.1 Å². The second kappa shape index (κ2) is 8.14.